The van der Waals surface area contributed by atoms with Gasteiger partial charge in [-0.25, -0.2) is 0 Å². The Balaban J connectivity index is 2.32. The Morgan fingerprint density at radius 3 is 2.20 bits per heavy atom. The summed E-state index contributed by atoms with van der Waals surface area (Å²) in [6.45, 7) is 0. The number of carbonyl (C=O) groups excluding carboxylic acids is 1. The first-order valence-corrected chi connectivity index (χ1v) is 4.61. The van der Waals surface area contributed by atoms with Crippen molar-refractivity contribution < 1.29 is 9.72 Å². The SMILES string of the molecule is NC(=O)C1(c2ccc([N+](=O)[O-])cc2)CC1. The number of rotatable bonds is 3. The summed E-state index contributed by atoms with van der Waals surface area (Å²) in [4.78, 5) is 21.2. The van der Waals surface area contributed by atoms with Crippen LogP contribution in [-0.4, -0.2) is 10.8 Å². The van der Waals surface area contributed by atoms with Crippen molar-refractivity contribution in [3.05, 3.63) is 39.9 Å². The molecule has 1 aromatic carbocycles. The minimum atomic E-state index is -0.560. The highest BCUT2D eigenvalue weighted by molar-refractivity contribution is 5.89. The molecule has 0 atom stereocenters. The van der Waals surface area contributed by atoms with Gasteiger partial charge in [-0.2, -0.15) is 0 Å². The molecule has 2 rings (SSSR count). The van der Waals surface area contributed by atoms with Gasteiger partial charge in [0.2, 0.25) is 5.91 Å². The number of benzene rings is 1. The minimum absolute atomic E-state index is 0.0269. The molecule has 0 radical (unpaired) electrons. The molecule has 1 amide bonds. The summed E-state index contributed by atoms with van der Waals surface area (Å²) in [5, 5.41) is 10.4. The maximum Gasteiger partial charge on any atom is 0.269 e. The first kappa shape index (κ1) is 9.64. The topological polar surface area (TPSA) is 86.2 Å². The highest BCUT2D eigenvalue weighted by Gasteiger charge is 2.49. The van der Waals surface area contributed by atoms with E-state index < -0.39 is 10.3 Å². The van der Waals surface area contributed by atoms with Crippen molar-refractivity contribution in [3.63, 3.8) is 0 Å². The van der Waals surface area contributed by atoms with Crippen molar-refractivity contribution in [1.29, 1.82) is 0 Å². The van der Waals surface area contributed by atoms with Crippen LogP contribution in [0.3, 0.4) is 0 Å². The summed E-state index contributed by atoms with van der Waals surface area (Å²) in [7, 11) is 0. The van der Waals surface area contributed by atoms with E-state index in [1.807, 2.05) is 0 Å². The third-order valence-electron chi connectivity index (χ3n) is 2.85. The Morgan fingerprint density at radius 2 is 1.87 bits per heavy atom. The fraction of sp³-hybridized carbons (Fsp3) is 0.300. The molecule has 0 aliphatic heterocycles. The van der Waals surface area contributed by atoms with E-state index >= 15 is 0 Å². The number of amides is 1. The number of hydrogen-bond acceptors (Lipinski definition) is 3. The molecule has 1 saturated carbocycles. The second-order valence-electron chi connectivity index (χ2n) is 3.75. The summed E-state index contributed by atoms with van der Waals surface area (Å²) >= 11 is 0. The van der Waals surface area contributed by atoms with Crippen molar-refractivity contribution in [3.8, 4) is 0 Å². The molecule has 78 valence electrons. The average Bonchev–Trinajstić information content (AvgIpc) is 2.98. The van der Waals surface area contributed by atoms with Crippen LogP contribution in [0.2, 0.25) is 0 Å². The zero-order valence-corrected chi connectivity index (χ0v) is 7.97. The van der Waals surface area contributed by atoms with Crippen LogP contribution in [0.15, 0.2) is 24.3 Å². The van der Waals surface area contributed by atoms with Gasteiger partial charge in [0, 0.05) is 12.1 Å². The molecule has 1 aromatic rings. The van der Waals surface area contributed by atoms with Crippen molar-refractivity contribution in [1.82, 2.24) is 0 Å². The lowest BCUT2D eigenvalue weighted by Crippen LogP contribution is -2.28. The van der Waals surface area contributed by atoms with Gasteiger partial charge < -0.3 is 5.73 Å². The van der Waals surface area contributed by atoms with Crippen molar-refractivity contribution in [2.75, 3.05) is 0 Å². The molecule has 5 heteroatoms. The van der Waals surface area contributed by atoms with E-state index in [1.165, 1.54) is 12.1 Å². The van der Waals surface area contributed by atoms with Crippen LogP contribution < -0.4 is 5.73 Å². The molecule has 1 aliphatic rings. The number of nitrogens with zero attached hydrogens (tertiary/aromatic N) is 1. The normalized spacial score (nSPS) is 17.1. The predicted molar refractivity (Wildman–Crippen MR) is 53.2 cm³/mol. The van der Waals surface area contributed by atoms with Gasteiger partial charge in [0.05, 0.1) is 10.3 Å². The largest absolute Gasteiger partial charge is 0.369 e. The highest BCUT2D eigenvalue weighted by Crippen LogP contribution is 2.48. The number of non-ortho nitro benzene ring substituents is 1. The molecular formula is C10H10N2O3. The van der Waals surface area contributed by atoms with E-state index in [4.69, 9.17) is 5.73 Å². The lowest BCUT2D eigenvalue weighted by atomic mass is 9.95. The van der Waals surface area contributed by atoms with E-state index in [9.17, 15) is 14.9 Å². The van der Waals surface area contributed by atoms with Crippen LogP contribution in [0.4, 0.5) is 5.69 Å². The second-order valence-corrected chi connectivity index (χ2v) is 3.75. The fourth-order valence-electron chi connectivity index (χ4n) is 1.70. The summed E-state index contributed by atoms with van der Waals surface area (Å²) in [6.07, 6.45) is 1.47. The Morgan fingerprint density at radius 1 is 1.33 bits per heavy atom. The van der Waals surface area contributed by atoms with Crippen LogP contribution in [0.5, 0.6) is 0 Å². The molecule has 0 unspecified atom stereocenters. The summed E-state index contributed by atoms with van der Waals surface area (Å²) < 4.78 is 0. The molecular weight excluding hydrogens is 196 g/mol. The molecule has 0 heterocycles. The van der Waals surface area contributed by atoms with E-state index in [0.29, 0.717) is 0 Å². The lowest BCUT2D eigenvalue weighted by molar-refractivity contribution is -0.384. The molecule has 2 N–H and O–H groups in total. The summed E-state index contributed by atoms with van der Waals surface area (Å²) in [5.41, 5.74) is 5.53. The monoisotopic (exact) mass is 206 g/mol. The smallest absolute Gasteiger partial charge is 0.269 e. The first-order chi connectivity index (χ1) is 7.06. The summed E-state index contributed by atoms with van der Waals surface area (Å²) in [6, 6.07) is 6.02. The molecule has 1 fully saturated rings. The Hall–Kier alpha value is -1.91. The van der Waals surface area contributed by atoms with Gasteiger partial charge in [-0.1, -0.05) is 12.1 Å². The molecule has 1 aliphatic carbocycles. The maximum atomic E-state index is 11.2. The highest BCUT2D eigenvalue weighted by atomic mass is 16.6. The number of carbonyl (C=O) groups is 1. The van der Waals surface area contributed by atoms with Gasteiger partial charge in [0.25, 0.3) is 5.69 Å². The van der Waals surface area contributed by atoms with Gasteiger partial charge in [-0.05, 0) is 18.4 Å². The van der Waals surface area contributed by atoms with Gasteiger partial charge in [0.15, 0.2) is 0 Å². The van der Waals surface area contributed by atoms with Gasteiger partial charge >= 0.3 is 0 Å². The number of nitro groups is 1. The predicted octanol–water partition coefficient (Wildman–Crippen LogP) is 1.11. The minimum Gasteiger partial charge on any atom is -0.369 e. The van der Waals surface area contributed by atoms with Crippen molar-refractivity contribution in [2.24, 2.45) is 5.73 Å². The van der Waals surface area contributed by atoms with Crippen LogP contribution in [0, 0.1) is 10.1 Å². The maximum absolute atomic E-state index is 11.2. The third-order valence-corrected chi connectivity index (χ3v) is 2.85. The zero-order valence-electron chi connectivity index (χ0n) is 7.97. The molecule has 0 saturated heterocycles. The van der Waals surface area contributed by atoms with Crippen LogP contribution in [0.25, 0.3) is 0 Å². The van der Waals surface area contributed by atoms with Crippen LogP contribution >= 0.6 is 0 Å². The van der Waals surface area contributed by atoms with Gasteiger partial charge in [-0.15, -0.1) is 0 Å². The van der Waals surface area contributed by atoms with E-state index in [1.54, 1.807) is 12.1 Å². The van der Waals surface area contributed by atoms with E-state index in [0.717, 1.165) is 18.4 Å². The van der Waals surface area contributed by atoms with Crippen molar-refractivity contribution in [2.45, 2.75) is 18.3 Å². The number of primary amides is 1. The zero-order chi connectivity index (χ0) is 11.1. The number of nitrogens with two attached hydrogens (primary N) is 1. The van der Waals surface area contributed by atoms with Crippen LogP contribution in [0.1, 0.15) is 18.4 Å². The molecule has 15 heavy (non-hydrogen) atoms. The second kappa shape index (κ2) is 3.05. The molecule has 0 spiro atoms. The number of hydrogen-bond donors (Lipinski definition) is 1. The average molecular weight is 206 g/mol. The standard InChI is InChI=1S/C10H10N2O3/c11-9(13)10(5-6-10)7-1-3-8(4-2-7)12(14)15/h1-4H,5-6H2,(H2,11,13). The lowest BCUT2D eigenvalue weighted by Gasteiger charge is -2.10. The van der Waals surface area contributed by atoms with Crippen molar-refractivity contribution >= 4 is 11.6 Å². The molecule has 5 nitrogen and oxygen atoms in total. The van der Waals surface area contributed by atoms with Crippen LogP contribution in [-0.2, 0) is 10.2 Å². The fourth-order valence-corrected chi connectivity index (χ4v) is 1.70. The number of nitro benzene ring substituents is 1. The van der Waals surface area contributed by atoms with Gasteiger partial charge in [-0.3, -0.25) is 14.9 Å². The molecule has 0 aromatic heterocycles. The molecule has 0 bridgehead atoms. The third kappa shape index (κ3) is 1.45. The van der Waals surface area contributed by atoms with Gasteiger partial charge in [0.1, 0.15) is 0 Å². The Bertz CT molecular complexity index is 421. The van der Waals surface area contributed by atoms with E-state index in [2.05, 4.69) is 0 Å². The Kier molecular flexibility index (Phi) is 1.96. The summed E-state index contributed by atoms with van der Waals surface area (Å²) in [5.74, 6) is -0.351. The Labute approximate surface area is 86.0 Å². The van der Waals surface area contributed by atoms with E-state index in [-0.39, 0.29) is 11.6 Å². The quantitative estimate of drug-likeness (QED) is 0.593. The first-order valence-electron chi connectivity index (χ1n) is 4.61.